The Kier molecular flexibility index (Phi) is 19.7. The van der Waals surface area contributed by atoms with E-state index in [1.54, 1.807) is 0 Å². The molecule has 0 unspecified atom stereocenters. The van der Waals surface area contributed by atoms with E-state index in [4.69, 9.17) is 0 Å². The fraction of sp³-hybridized carbons (Fsp3) is 0.750. The van der Waals surface area contributed by atoms with Gasteiger partial charge in [0.05, 0.1) is 0 Å². The molecule has 0 bridgehead atoms. The highest BCUT2D eigenvalue weighted by molar-refractivity contribution is 4.47. The van der Waals surface area contributed by atoms with Crippen LogP contribution in [-0.4, -0.2) is 13.6 Å². The summed E-state index contributed by atoms with van der Waals surface area (Å²) in [7, 11) is 2.00. The third-order valence-corrected chi connectivity index (χ3v) is 1.03. The SMILES string of the molecule is C#C.CCCCCNC. The highest BCUT2D eigenvalue weighted by Crippen LogP contribution is 1.89. The van der Waals surface area contributed by atoms with Crippen LogP contribution < -0.4 is 5.32 Å². The lowest BCUT2D eigenvalue weighted by atomic mass is 10.2. The van der Waals surface area contributed by atoms with E-state index in [9.17, 15) is 0 Å². The van der Waals surface area contributed by atoms with Crippen LogP contribution in [0.15, 0.2) is 0 Å². The molecule has 0 fully saturated rings. The molecule has 0 aliphatic rings. The lowest BCUT2D eigenvalue weighted by molar-refractivity contribution is 0.667. The van der Waals surface area contributed by atoms with E-state index >= 15 is 0 Å². The summed E-state index contributed by atoms with van der Waals surface area (Å²) in [5, 5.41) is 3.10. The Bertz CT molecular complexity index is 43.8. The first kappa shape index (κ1) is 11.3. The standard InChI is InChI=1S/C6H15N.C2H2/c1-3-4-5-6-7-2;1-2/h7H,3-6H2,1-2H3;1-2H. The molecule has 0 aromatic heterocycles. The zero-order valence-electron chi connectivity index (χ0n) is 6.48. The Morgan fingerprint density at radius 2 is 1.78 bits per heavy atom. The lowest BCUT2D eigenvalue weighted by Crippen LogP contribution is -2.06. The van der Waals surface area contributed by atoms with E-state index in [-0.39, 0.29) is 0 Å². The second kappa shape index (κ2) is 15.6. The molecule has 1 N–H and O–H groups in total. The minimum atomic E-state index is 1.17. The lowest BCUT2D eigenvalue weighted by Gasteiger charge is -1.93. The first-order chi connectivity index (χ1) is 4.41. The summed E-state index contributed by atoms with van der Waals surface area (Å²) in [5.74, 6) is 0. The molecular formula is C8H17N. The predicted octanol–water partition coefficient (Wildman–Crippen LogP) is 1.65. The van der Waals surface area contributed by atoms with Crippen molar-refractivity contribution in [3.05, 3.63) is 0 Å². The molecule has 0 radical (unpaired) electrons. The van der Waals surface area contributed by atoms with Gasteiger partial charge in [-0.3, -0.25) is 0 Å². The van der Waals surface area contributed by atoms with Crippen LogP contribution in [0.3, 0.4) is 0 Å². The van der Waals surface area contributed by atoms with Crippen LogP contribution in [0.4, 0.5) is 0 Å². The molecule has 0 rings (SSSR count). The molecule has 0 amide bonds. The molecule has 0 aromatic rings. The van der Waals surface area contributed by atoms with E-state index < -0.39 is 0 Å². The van der Waals surface area contributed by atoms with Crippen molar-refractivity contribution in [2.45, 2.75) is 26.2 Å². The van der Waals surface area contributed by atoms with Gasteiger partial charge in [0.1, 0.15) is 0 Å². The van der Waals surface area contributed by atoms with Gasteiger partial charge in [-0.2, -0.15) is 0 Å². The highest BCUT2D eigenvalue weighted by atomic mass is 14.8. The summed E-state index contributed by atoms with van der Waals surface area (Å²) in [4.78, 5) is 0. The Labute approximate surface area is 58.8 Å². The predicted molar refractivity (Wildman–Crippen MR) is 43.3 cm³/mol. The van der Waals surface area contributed by atoms with E-state index in [0.29, 0.717) is 0 Å². The zero-order valence-corrected chi connectivity index (χ0v) is 6.48. The van der Waals surface area contributed by atoms with Gasteiger partial charge in [0, 0.05) is 0 Å². The first-order valence-corrected chi connectivity index (χ1v) is 3.39. The third-order valence-electron chi connectivity index (χ3n) is 1.03. The highest BCUT2D eigenvalue weighted by Gasteiger charge is 1.78. The molecule has 0 aliphatic carbocycles. The van der Waals surface area contributed by atoms with Gasteiger partial charge in [-0.05, 0) is 20.0 Å². The van der Waals surface area contributed by atoms with Gasteiger partial charge < -0.3 is 5.32 Å². The summed E-state index contributed by atoms with van der Waals surface area (Å²) >= 11 is 0. The molecule has 0 spiro atoms. The maximum absolute atomic E-state index is 4.00. The van der Waals surface area contributed by atoms with Gasteiger partial charge in [-0.25, -0.2) is 0 Å². The van der Waals surface area contributed by atoms with Crippen LogP contribution in [-0.2, 0) is 0 Å². The number of rotatable bonds is 4. The molecule has 1 nitrogen and oxygen atoms in total. The smallest absolute Gasteiger partial charge is 0.00519 e. The van der Waals surface area contributed by atoms with Crippen LogP contribution >= 0.6 is 0 Å². The maximum Gasteiger partial charge on any atom is -0.00519 e. The molecule has 1 heteroatoms. The van der Waals surface area contributed by atoms with Gasteiger partial charge in [-0.15, -0.1) is 12.8 Å². The Hall–Kier alpha value is -0.480. The van der Waals surface area contributed by atoms with E-state index in [2.05, 4.69) is 25.1 Å². The molecule has 0 saturated carbocycles. The maximum atomic E-state index is 4.00. The molecule has 54 valence electrons. The van der Waals surface area contributed by atoms with Crippen LogP contribution in [0.2, 0.25) is 0 Å². The molecule has 9 heavy (non-hydrogen) atoms. The summed E-state index contributed by atoms with van der Waals surface area (Å²) in [6.45, 7) is 3.39. The van der Waals surface area contributed by atoms with Crippen LogP contribution in [0, 0.1) is 12.8 Å². The molecule has 0 saturated heterocycles. The number of nitrogens with one attached hydrogen (secondary N) is 1. The van der Waals surface area contributed by atoms with Crippen molar-refractivity contribution in [1.29, 1.82) is 0 Å². The average molecular weight is 127 g/mol. The first-order valence-electron chi connectivity index (χ1n) is 3.39. The number of hydrogen-bond acceptors (Lipinski definition) is 1. The number of terminal acetylenes is 1. The Balaban J connectivity index is 0. The summed E-state index contributed by atoms with van der Waals surface area (Å²) in [6.07, 6.45) is 12.0. The van der Waals surface area contributed by atoms with Gasteiger partial charge in [0.15, 0.2) is 0 Å². The fourth-order valence-corrected chi connectivity index (χ4v) is 0.552. The Morgan fingerprint density at radius 3 is 2.11 bits per heavy atom. The van der Waals surface area contributed by atoms with Crippen molar-refractivity contribution in [3.8, 4) is 12.8 Å². The van der Waals surface area contributed by atoms with Gasteiger partial charge in [0.2, 0.25) is 0 Å². The average Bonchev–Trinajstić information content (AvgIpc) is 1.94. The second-order valence-electron chi connectivity index (χ2n) is 1.81. The van der Waals surface area contributed by atoms with Crippen molar-refractivity contribution in [2.24, 2.45) is 0 Å². The monoisotopic (exact) mass is 127 g/mol. The molecular weight excluding hydrogens is 110 g/mol. The van der Waals surface area contributed by atoms with E-state index in [1.807, 2.05) is 7.05 Å². The fourth-order valence-electron chi connectivity index (χ4n) is 0.552. The van der Waals surface area contributed by atoms with Crippen molar-refractivity contribution >= 4 is 0 Å². The van der Waals surface area contributed by atoms with E-state index in [0.717, 1.165) is 0 Å². The minimum Gasteiger partial charge on any atom is -0.320 e. The van der Waals surface area contributed by atoms with Crippen LogP contribution in [0.25, 0.3) is 0 Å². The topological polar surface area (TPSA) is 12.0 Å². The van der Waals surface area contributed by atoms with Crippen LogP contribution in [0.5, 0.6) is 0 Å². The number of hydrogen-bond donors (Lipinski definition) is 1. The molecule has 0 aliphatic heterocycles. The van der Waals surface area contributed by atoms with Crippen molar-refractivity contribution in [3.63, 3.8) is 0 Å². The van der Waals surface area contributed by atoms with Gasteiger partial charge >= 0.3 is 0 Å². The molecule has 0 atom stereocenters. The van der Waals surface area contributed by atoms with E-state index in [1.165, 1.54) is 25.8 Å². The summed E-state index contributed by atoms with van der Waals surface area (Å²) in [5.41, 5.74) is 0. The quantitative estimate of drug-likeness (QED) is 0.447. The van der Waals surface area contributed by atoms with Gasteiger partial charge in [0.25, 0.3) is 0 Å². The van der Waals surface area contributed by atoms with Crippen molar-refractivity contribution in [2.75, 3.05) is 13.6 Å². The summed E-state index contributed by atoms with van der Waals surface area (Å²) in [6, 6.07) is 0. The molecule has 0 heterocycles. The largest absolute Gasteiger partial charge is 0.320 e. The second-order valence-corrected chi connectivity index (χ2v) is 1.81. The third kappa shape index (κ3) is 18.5. The Morgan fingerprint density at radius 1 is 1.22 bits per heavy atom. The minimum absolute atomic E-state index is 1.17. The normalized spacial score (nSPS) is 7.56. The van der Waals surface area contributed by atoms with Crippen molar-refractivity contribution < 1.29 is 0 Å². The molecule has 0 aromatic carbocycles. The van der Waals surface area contributed by atoms with Gasteiger partial charge in [-0.1, -0.05) is 19.8 Å². The number of unbranched alkanes of at least 4 members (excludes halogenated alkanes) is 2. The van der Waals surface area contributed by atoms with Crippen molar-refractivity contribution in [1.82, 2.24) is 5.32 Å². The zero-order chi connectivity index (χ0) is 7.54. The summed E-state index contributed by atoms with van der Waals surface area (Å²) < 4.78 is 0. The van der Waals surface area contributed by atoms with Crippen LogP contribution in [0.1, 0.15) is 26.2 Å².